The highest BCUT2D eigenvalue weighted by atomic mass is 16.5. The van der Waals surface area contributed by atoms with Gasteiger partial charge in [0.05, 0.1) is 0 Å². The van der Waals surface area contributed by atoms with Gasteiger partial charge in [0, 0.05) is 16.7 Å². The predicted molar refractivity (Wildman–Crippen MR) is 202 cm³/mol. The van der Waals surface area contributed by atoms with E-state index in [1.165, 1.54) is 0 Å². The van der Waals surface area contributed by atoms with Crippen LogP contribution >= 0.6 is 0 Å². The molecule has 0 amide bonds. The molecule has 11 rings (SSSR count). The highest BCUT2D eigenvalue weighted by Gasteiger charge is 2.41. The molecule has 0 saturated heterocycles. The molecule has 3 aliphatic heterocycles. The molecule has 52 heavy (non-hydrogen) atoms. The van der Waals surface area contributed by atoms with Crippen molar-refractivity contribution in [2.45, 2.75) is 0 Å². The summed E-state index contributed by atoms with van der Waals surface area (Å²) in [6.45, 7) is 0. The molecular formula is C45H26N4O3. The molecule has 0 saturated carbocycles. The van der Waals surface area contributed by atoms with Crippen LogP contribution in [0.4, 0.5) is 17.1 Å². The molecule has 7 aromatic carbocycles. The van der Waals surface area contributed by atoms with Crippen LogP contribution in [0.25, 0.3) is 56.4 Å². The minimum absolute atomic E-state index is 0.615. The third-order valence-electron chi connectivity index (χ3n) is 9.64. The first-order valence-electron chi connectivity index (χ1n) is 17.1. The van der Waals surface area contributed by atoms with Crippen molar-refractivity contribution in [2.75, 3.05) is 4.90 Å². The molecule has 0 atom stereocenters. The molecule has 0 fully saturated rings. The Morgan fingerprint density at radius 1 is 0.288 bits per heavy atom. The number of para-hydroxylation sites is 2. The third kappa shape index (κ3) is 4.50. The van der Waals surface area contributed by atoms with Gasteiger partial charge in [-0.15, -0.1) is 0 Å². The second-order valence-corrected chi connectivity index (χ2v) is 12.9. The van der Waals surface area contributed by atoms with Gasteiger partial charge in [0.1, 0.15) is 17.1 Å². The fraction of sp³-hybridized carbons (Fsp3) is 0. The van der Waals surface area contributed by atoms with Crippen molar-refractivity contribution in [1.29, 1.82) is 0 Å². The van der Waals surface area contributed by atoms with Crippen molar-refractivity contribution in [2.24, 2.45) is 0 Å². The minimum atomic E-state index is 0.615. The molecule has 8 aromatic rings. The Kier molecular flexibility index (Phi) is 6.12. The van der Waals surface area contributed by atoms with E-state index >= 15 is 0 Å². The van der Waals surface area contributed by atoms with E-state index in [0.29, 0.717) is 17.5 Å². The van der Waals surface area contributed by atoms with E-state index < -0.39 is 0 Å². The fourth-order valence-corrected chi connectivity index (χ4v) is 7.24. The van der Waals surface area contributed by atoms with Crippen molar-refractivity contribution < 1.29 is 14.2 Å². The van der Waals surface area contributed by atoms with Crippen molar-refractivity contribution in [3.63, 3.8) is 0 Å². The molecule has 0 aliphatic carbocycles. The van der Waals surface area contributed by atoms with Gasteiger partial charge in [-0.3, -0.25) is 4.90 Å². The summed E-state index contributed by atoms with van der Waals surface area (Å²) in [5.74, 6) is 6.32. The Morgan fingerprint density at radius 2 is 0.635 bits per heavy atom. The molecule has 0 spiro atoms. The average molecular weight is 671 g/mol. The first-order valence-corrected chi connectivity index (χ1v) is 17.1. The number of anilines is 3. The van der Waals surface area contributed by atoms with E-state index in [4.69, 9.17) is 29.2 Å². The highest BCUT2D eigenvalue weighted by molar-refractivity contribution is 6.00. The Labute approximate surface area is 299 Å². The number of ether oxygens (including phenoxy) is 3. The molecule has 3 aliphatic rings. The van der Waals surface area contributed by atoms with Gasteiger partial charge in [0.2, 0.25) is 0 Å². The van der Waals surface area contributed by atoms with Crippen LogP contribution in [0.1, 0.15) is 0 Å². The summed E-state index contributed by atoms with van der Waals surface area (Å²) in [5.41, 5.74) is 9.55. The van der Waals surface area contributed by atoms with Crippen LogP contribution in [0.3, 0.4) is 0 Å². The average Bonchev–Trinajstić information content (AvgIpc) is 3.21. The summed E-state index contributed by atoms with van der Waals surface area (Å²) in [7, 11) is 0. The molecule has 7 nitrogen and oxygen atoms in total. The molecular weight excluding hydrogens is 645 g/mol. The van der Waals surface area contributed by atoms with Crippen molar-refractivity contribution in [3.05, 3.63) is 158 Å². The lowest BCUT2D eigenvalue weighted by molar-refractivity contribution is 0.418. The molecule has 4 heterocycles. The molecule has 0 radical (unpaired) electrons. The standard InChI is InChI=1S/C45H26N4O3/c1-3-11-27(12-4-1)43-46-44(28-13-5-2-6-14-28)48-45(47-43)32-18-8-16-30(24-32)29-15-7-17-31(23-29)33-25-38-42-39(26-33)52-37-22-10-20-35-41(37)49(42)40-34(50-35)19-9-21-36(40)51-38/h1-26H. The maximum absolute atomic E-state index is 6.55. The zero-order valence-electron chi connectivity index (χ0n) is 27.5. The number of rotatable bonds is 5. The van der Waals surface area contributed by atoms with Gasteiger partial charge in [-0.25, -0.2) is 15.0 Å². The number of benzene rings is 7. The second-order valence-electron chi connectivity index (χ2n) is 12.9. The smallest absolute Gasteiger partial charge is 0.164 e. The summed E-state index contributed by atoms with van der Waals surface area (Å²) in [6.07, 6.45) is 0. The minimum Gasteiger partial charge on any atom is -0.453 e. The first-order chi connectivity index (χ1) is 25.7. The zero-order valence-corrected chi connectivity index (χ0v) is 27.5. The Hall–Kier alpha value is -7.25. The van der Waals surface area contributed by atoms with Crippen LogP contribution in [0, 0.1) is 0 Å². The molecule has 0 N–H and O–H groups in total. The van der Waals surface area contributed by atoms with Gasteiger partial charge in [0.25, 0.3) is 0 Å². The second kappa shape index (κ2) is 11.1. The predicted octanol–water partition coefficient (Wildman–Crippen LogP) is 12.0. The Balaban J connectivity index is 0.994. The van der Waals surface area contributed by atoms with E-state index in [0.717, 1.165) is 90.5 Å². The quantitative estimate of drug-likeness (QED) is 0.180. The highest BCUT2D eigenvalue weighted by Crippen LogP contribution is 2.66. The summed E-state index contributed by atoms with van der Waals surface area (Å²) < 4.78 is 19.4. The number of nitrogens with zero attached hydrogens (tertiary/aromatic N) is 4. The zero-order chi connectivity index (χ0) is 34.2. The largest absolute Gasteiger partial charge is 0.453 e. The summed E-state index contributed by atoms with van der Waals surface area (Å²) in [4.78, 5) is 17.0. The normalized spacial score (nSPS) is 12.7. The van der Waals surface area contributed by atoms with E-state index in [9.17, 15) is 0 Å². The fourth-order valence-electron chi connectivity index (χ4n) is 7.24. The monoisotopic (exact) mass is 670 g/mol. The molecule has 0 unspecified atom stereocenters. The van der Waals surface area contributed by atoms with E-state index in [2.05, 4.69) is 59.5 Å². The van der Waals surface area contributed by atoms with Crippen LogP contribution < -0.4 is 19.1 Å². The lowest BCUT2D eigenvalue weighted by atomic mass is 9.96. The Morgan fingerprint density at radius 3 is 1.13 bits per heavy atom. The van der Waals surface area contributed by atoms with Crippen molar-refractivity contribution >= 4 is 17.1 Å². The van der Waals surface area contributed by atoms with E-state index in [1.807, 2.05) is 103 Å². The van der Waals surface area contributed by atoms with Crippen LogP contribution in [-0.2, 0) is 0 Å². The van der Waals surface area contributed by atoms with Crippen LogP contribution in [0.2, 0.25) is 0 Å². The number of hydrogen-bond donors (Lipinski definition) is 0. The first kappa shape index (κ1) is 28.6. The molecule has 1 aromatic heterocycles. The van der Waals surface area contributed by atoms with Gasteiger partial charge in [-0.2, -0.15) is 0 Å². The number of aromatic nitrogens is 3. The maximum Gasteiger partial charge on any atom is 0.164 e. The van der Waals surface area contributed by atoms with Gasteiger partial charge in [-0.05, 0) is 70.8 Å². The van der Waals surface area contributed by atoms with Crippen LogP contribution in [-0.4, -0.2) is 15.0 Å². The Bertz CT molecular complexity index is 2600. The lowest BCUT2D eigenvalue weighted by Gasteiger charge is -2.41. The molecule has 244 valence electrons. The molecule has 7 heteroatoms. The van der Waals surface area contributed by atoms with Gasteiger partial charge >= 0.3 is 0 Å². The summed E-state index contributed by atoms with van der Waals surface area (Å²) in [6, 6.07) is 52.9. The van der Waals surface area contributed by atoms with Gasteiger partial charge < -0.3 is 14.2 Å². The van der Waals surface area contributed by atoms with Crippen LogP contribution in [0.15, 0.2) is 158 Å². The molecule has 0 bridgehead atoms. The van der Waals surface area contributed by atoms with Gasteiger partial charge in [-0.1, -0.05) is 109 Å². The van der Waals surface area contributed by atoms with Crippen molar-refractivity contribution in [3.8, 4) is 90.9 Å². The third-order valence-corrected chi connectivity index (χ3v) is 9.64. The summed E-state index contributed by atoms with van der Waals surface area (Å²) in [5, 5.41) is 0. The lowest BCUT2D eigenvalue weighted by Crippen LogP contribution is -2.23. The van der Waals surface area contributed by atoms with E-state index in [1.54, 1.807) is 0 Å². The topological polar surface area (TPSA) is 69.6 Å². The van der Waals surface area contributed by atoms with Gasteiger partial charge in [0.15, 0.2) is 52.0 Å². The van der Waals surface area contributed by atoms with Crippen LogP contribution in [0.5, 0.6) is 34.5 Å². The maximum atomic E-state index is 6.55. The van der Waals surface area contributed by atoms with Crippen molar-refractivity contribution in [1.82, 2.24) is 15.0 Å². The summed E-state index contributed by atoms with van der Waals surface area (Å²) >= 11 is 0. The van der Waals surface area contributed by atoms with E-state index in [-0.39, 0.29) is 0 Å². The number of hydrogen-bond acceptors (Lipinski definition) is 7. The SMILES string of the molecule is c1ccc(-c2nc(-c3ccccc3)nc(-c3cccc(-c4cccc(-c5cc6c7c(c5)Oc5cccc8c5N7c5c(cccc5O6)O8)c4)c3)n2)cc1.